The smallest absolute Gasteiger partial charge is 0.320 e. The van der Waals surface area contributed by atoms with Crippen molar-refractivity contribution in [2.24, 2.45) is 5.73 Å². The zero-order valence-corrected chi connectivity index (χ0v) is 13.1. The molecule has 6 heteroatoms. The lowest BCUT2D eigenvalue weighted by Crippen LogP contribution is -2.32. The molecule has 3 N–H and O–H groups in total. The molecule has 2 heterocycles. The molecule has 0 bridgehead atoms. The maximum absolute atomic E-state index is 10.8. The molecular weight excluding hydrogens is 306 g/mol. The molecule has 1 unspecified atom stereocenters. The summed E-state index contributed by atoms with van der Waals surface area (Å²) in [6.45, 7) is 1.91. The number of hydrogen-bond acceptors (Lipinski definition) is 5. The van der Waals surface area contributed by atoms with Gasteiger partial charge in [-0.15, -0.1) is 0 Å². The number of aromatic nitrogens is 2. The van der Waals surface area contributed by atoms with E-state index >= 15 is 0 Å². The average molecular weight is 323 g/mol. The predicted octanol–water partition coefficient (Wildman–Crippen LogP) is 2.68. The highest BCUT2D eigenvalue weighted by atomic mass is 16.5. The molecule has 24 heavy (non-hydrogen) atoms. The van der Waals surface area contributed by atoms with E-state index in [1.807, 2.05) is 19.1 Å². The molecule has 6 nitrogen and oxygen atoms in total. The molecule has 0 saturated carbocycles. The van der Waals surface area contributed by atoms with Crippen LogP contribution in [-0.2, 0) is 11.2 Å². The molecule has 0 radical (unpaired) electrons. The number of fused-ring (bicyclic) bond motifs is 1. The molecule has 2 aromatic heterocycles. The van der Waals surface area contributed by atoms with Crippen LogP contribution in [0.3, 0.4) is 0 Å². The second-order valence-corrected chi connectivity index (χ2v) is 5.56. The van der Waals surface area contributed by atoms with Gasteiger partial charge in [0.15, 0.2) is 0 Å². The van der Waals surface area contributed by atoms with Gasteiger partial charge >= 0.3 is 5.97 Å². The van der Waals surface area contributed by atoms with Gasteiger partial charge < -0.3 is 15.6 Å². The largest absolute Gasteiger partial charge is 0.480 e. The van der Waals surface area contributed by atoms with Crippen LogP contribution < -0.4 is 10.5 Å². The third-order valence-corrected chi connectivity index (χ3v) is 3.64. The average Bonchev–Trinajstić information content (AvgIpc) is 2.56. The first kappa shape index (κ1) is 15.9. The Kier molecular flexibility index (Phi) is 4.39. The van der Waals surface area contributed by atoms with Crippen LogP contribution in [0.15, 0.2) is 48.8 Å². The quantitative estimate of drug-likeness (QED) is 0.749. The van der Waals surface area contributed by atoms with E-state index in [9.17, 15) is 4.79 Å². The molecule has 1 atom stereocenters. The Morgan fingerprint density at radius 3 is 2.75 bits per heavy atom. The topological polar surface area (TPSA) is 98.3 Å². The zero-order chi connectivity index (χ0) is 17.1. The third kappa shape index (κ3) is 3.49. The number of pyridine rings is 2. The molecule has 3 aromatic rings. The van der Waals surface area contributed by atoms with Gasteiger partial charge in [0.1, 0.15) is 11.8 Å². The molecule has 0 fully saturated rings. The number of nitrogens with zero attached hydrogens (tertiary/aromatic N) is 2. The Bertz CT molecular complexity index is 878. The lowest BCUT2D eigenvalue weighted by Gasteiger charge is -2.10. The molecule has 0 saturated heterocycles. The number of rotatable bonds is 5. The van der Waals surface area contributed by atoms with Crippen LogP contribution in [-0.4, -0.2) is 27.1 Å². The number of carboxylic acids is 1. The lowest BCUT2D eigenvalue weighted by molar-refractivity contribution is -0.138. The summed E-state index contributed by atoms with van der Waals surface area (Å²) in [6.07, 6.45) is 3.72. The highest BCUT2D eigenvalue weighted by Gasteiger charge is 2.12. The number of ether oxygens (including phenoxy) is 1. The summed E-state index contributed by atoms with van der Waals surface area (Å²) in [4.78, 5) is 19.4. The Balaban J connectivity index is 1.83. The number of aryl methyl sites for hydroxylation is 1. The Morgan fingerprint density at radius 1 is 1.29 bits per heavy atom. The summed E-state index contributed by atoms with van der Waals surface area (Å²) in [7, 11) is 0. The fourth-order valence-corrected chi connectivity index (χ4v) is 2.41. The summed E-state index contributed by atoms with van der Waals surface area (Å²) in [5.74, 6) is 0.0947. The maximum atomic E-state index is 10.8. The van der Waals surface area contributed by atoms with E-state index in [-0.39, 0.29) is 6.42 Å². The number of carboxylic acid groups (broad SMARTS) is 1. The lowest BCUT2D eigenvalue weighted by atomic mass is 10.1. The first-order valence-corrected chi connectivity index (χ1v) is 7.49. The van der Waals surface area contributed by atoms with Gasteiger partial charge in [-0.3, -0.25) is 9.78 Å². The van der Waals surface area contributed by atoms with Crippen molar-refractivity contribution in [3.05, 3.63) is 60.0 Å². The van der Waals surface area contributed by atoms with Gasteiger partial charge in [0, 0.05) is 18.1 Å². The molecule has 0 amide bonds. The van der Waals surface area contributed by atoms with E-state index in [2.05, 4.69) is 9.97 Å². The SMILES string of the molecule is Cc1cc2ccncc2c(Oc2ccc(CC(N)C(=O)O)cc2)n1. The minimum atomic E-state index is -1.02. The molecule has 122 valence electrons. The van der Waals surface area contributed by atoms with Crippen molar-refractivity contribution in [3.63, 3.8) is 0 Å². The number of nitrogens with two attached hydrogens (primary N) is 1. The van der Waals surface area contributed by atoms with Gasteiger partial charge in [0.25, 0.3) is 0 Å². The van der Waals surface area contributed by atoms with E-state index in [1.54, 1.807) is 36.7 Å². The number of benzene rings is 1. The summed E-state index contributed by atoms with van der Waals surface area (Å²) in [5, 5.41) is 10.7. The molecule has 0 aliphatic heterocycles. The van der Waals surface area contributed by atoms with Crippen molar-refractivity contribution < 1.29 is 14.6 Å². The molecule has 0 aliphatic rings. The number of aliphatic carboxylic acids is 1. The van der Waals surface area contributed by atoms with Gasteiger partial charge in [-0.05, 0) is 48.6 Å². The number of carbonyl (C=O) groups is 1. The van der Waals surface area contributed by atoms with E-state index in [1.165, 1.54) is 0 Å². The van der Waals surface area contributed by atoms with Crippen molar-refractivity contribution >= 4 is 16.7 Å². The van der Waals surface area contributed by atoms with Crippen molar-refractivity contribution in [1.29, 1.82) is 0 Å². The zero-order valence-electron chi connectivity index (χ0n) is 13.1. The van der Waals surface area contributed by atoms with Crippen LogP contribution in [0, 0.1) is 6.92 Å². The summed E-state index contributed by atoms with van der Waals surface area (Å²) < 4.78 is 5.88. The fourth-order valence-electron chi connectivity index (χ4n) is 2.41. The highest BCUT2D eigenvalue weighted by molar-refractivity contribution is 5.86. The Hall–Kier alpha value is -2.99. The van der Waals surface area contributed by atoms with Crippen LogP contribution in [0.1, 0.15) is 11.3 Å². The van der Waals surface area contributed by atoms with Gasteiger partial charge in [0.2, 0.25) is 5.88 Å². The highest BCUT2D eigenvalue weighted by Crippen LogP contribution is 2.28. The van der Waals surface area contributed by atoms with Crippen LogP contribution in [0.2, 0.25) is 0 Å². The van der Waals surface area contributed by atoms with Gasteiger partial charge in [-0.2, -0.15) is 0 Å². The van der Waals surface area contributed by atoms with Crippen molar-refractivity contribution in [2.45, 2.75) is 19.4 Å². The second-order valence-electron chi connectivity index (χ2n) is 5.56. The van der Waals surface area contributed by atoms with E-state index in [4.69, 9.17) is 15.6 Å². The van der Waals surface area contributed by atoms with Crippen LogP contribution in [0.25, 0.3) is 10.8 Å². The van der Waals surface area contributed by atoms with Crippen molar-refractivity contribution in [1.82, 2.24) is 9.97 Å². The summed E-state index contributed by atoms with van der Waals surface area (Å²) in [6, 6.07) is 10.1. The van der Waals surface area contributed by atoms with Gasteiger partial charge in [0.05, 0.1) is 5.39 Å². The normalized spacial score (nSPS) is 12.1. The minimum Gasteiger partial charge on any atom is -0.480 e. The number of hydrogen-bond donors (Lipinski definition) is 2. The standard InChI is InChI=1S/C18H17N3O3/c1-11-8-13-6-7-20-10-15(13)17(21-11)24-14-4-2-12(3-5-14)9-16(19)18(22)23/h2-8,10,16H,9,19H2,1H3,(H,22,23). The Morgan fingerprint density at radius 2 is 2.04 bits per heavy atom. The first-order valence-electron chi connectivity index (χ1n) is 7.49. The van der Waals surface area contributed by atoms with Crippen molar-refractivity contribution in [2.75, 3.05) is 0 Å². The molecule has 0 aliphatic carbocycles. The monoisotopic (exact) mass is 323 g/mol. The minimum absolute atomic E-state index is 0.269. The van der Waals surface area contributed by atoms with E-state index < -0.39 is 12.0 Å². The second kappa shape index (κ2) is 6.64. The fraction of sp³-hybridized carbons (Fsp3) is 0.167. The van der Waals surface area contributed by atoms with Crippen LogP contribution >= 0.6 is 0 Å². The molecular formula is C18H17N3O3. The van der Waals surface area contributed by atoms with Crippen LogP contribution in [0.4, 0.5) is 0 Å². The maximum Gasteiger partial charge on any atom is 0.320 e. The first-order chi connectivity index (χ1) is 11.5. The predicted molar refractivity (Wildman–Crippen MR) is 90.1 cm³/mol. The van der Waals surface area contributed by atoms with Gasteiger partial charge in [-0.25, -0.2) is 4.98 Å². The molecule has 1 aromatic carbocycles. The summed E-state index contributed by atoms with van der Waals surface area (Å²) >= 11 is 0. The third-order valence-electron chi connectivity index (χ3n) is 3.64. The summed E-state index contributed by atoms with van der Waals surface area (Å²) in [5.41, 5.74) is 7.23. The van der Waals surface area contributed by atoms with Crippen molar-refractivity contribution in [3.8, 4) is 11.6 Å². The van der Waals surface area contributed by atoms with E-state index in [0.29, 0.717) is 11.6 Å². The van der Waals surface area contributed by atoms with E-state index in [0.717, 1.165) is 22.0 Å². The van der Waals surface area contributed by atoms with Gasteiger partial charge in [-0.1, -0.05) is 12.1 Å². The Labute approximate surface area is 138 Å². The molecule has 3 rings (SSSR count). The molecule has 0 spiro atoms. The van der Waals surface area contributed by atoms with Crippen LogP contribution in [0.5, 0.6) is 11.6 Å².